The molecule has 2 aliphatic rings. The average molecular weight is 577 g/mol. The zero-order chi connectivity index (χ0) is 28.8. The van der Waals surface area contributed by atoms with E-state index < -0.39 is 34.4 Å². The van der Waals surface area contributed by atoms with Crippen molar-refractivity contribution in [2.24, 2.45) is 0 Å². The molecule has 7 nitrogen and oxygen atoms in total. The summed E-state index contributed by atoms with van der Waals surface area (Å²) in [6.45, 7) is 3.66. The van der Waals surface area contributed by atoms with Crippen molar-refractivity contribution < 1.29 is 35.2 Å². The number of piperidine rings is 1. The van der Waals surface area contributed by atoms with E-state index in [0.717, 1.165) is 19.0 Å². The van der Waals surface area contributed by atoms with Gasteiger partial charge in [0.2, 0.25) is 16.4 Å². The third-order valence-electron chi connectivity index (χ3n) is 7.00. The zero-order valence-corrected chi connectivity index (χ0v) is 22.6. The third-order valence-corrected chi connectivity index (χ3v) is 9.14. The molecule has 4 rings (SSSR count). The number of carbonyl (C=O) groups is 1. The van der Waals surface area contributed by atoms with E-state index in [1.54, 1.807) is 6.07 Å². The van der Waals surface area contributed by atoms with Crippen LogP contribution in [0, 0.1) is 11.6 Å². The number of nitrogens with zero attached hydrogens (tertiary/aromatic N) is 3. The molecule has 39 heavy (non-hydrogen) atoms. The Balaban J connectivity index is 0.000000223. The lowest BCUT2D eigenvalue weighted by atomic mass is 9.92. The summed E-state index contributed by atoms with van der Waals surface area (Å²) in [5.74, 6) is -0.917. The Morgan fingerprint density at radius 2 is 1.62 bits per heavy atom. The molecule has 0 spiro atoms. The van der Waals surface area contributed by atoms with Gasteiger partial charge in [0.05, 0.1) is 17.6 Å². The van der Waals surface area contributed by atoms with Crippen LogP contribution in [-0.4, -0.2) is 66.9 Å². The van der Waals surface area contributed by atoms with Crippen molar-refractivity contribution in [3.05, 3.63) is 59.4 Å². The lowest BCUT2D eigenvalue weighted by Gasteiger charge is -2.32. The maximum atomic E-state index is 13.6. The summed E-state index contributed by atoms with van der Waals surface area (Å²) in [6, 6.07) is 6.61. The van der Waals surface area contributed by atoms with Gasteiger partial charge in [-0.3, -0.25) is 14.7 Å². The van der Waals surface area contributed by atoms with E-state index in [1.165, 1.54) is 33.5 Å². The fraction of sp³-hybridized carbons (Fsp3) is 0.538. The normalized spacial score (nSPS) is 21.3. The number of amides is 1. The summed E-state index contributed by atoms with van der Waals surface area (Å²) in [5, 5.41) is 2.39. The molecule has 0 bridgehead atoms. The molecule has 1 N–H and O–H groups in total. The van der Waals surface area contributed by atoms with Crippen molar-refractivity contribution in [2.45, 2.75) is 75.1 Å². The number of benzene rings is 1. The molecular formula is C26H33F5N4O3S. The van der Waals surface area contributed by atoms with E-state index in [4.69, 9.17) is 0 Å². The fourth-order valence-corrected chi connectivity index (χ4v) is 6.90. The monoisotopic (exact) mass is 576 g/mol. The first-order chi connectivity index (χ1) is 18.3. The predicted molar refractivity (Wildman–Crippen MR) is 135 cm³/mol. The molecule has 1 aromatic heterocycles. The maximum Gasteiger partial charge on any atom is 0.401 e. The van der Waals surface area contributed by atoms with Crippen LogP contribution in [0.3, 0.4) is 0 Å². The first kappa shape index (κ1) is 30.9. The summed E-state index contributed by atoms with van der Waals surface area (Å²) in [7, 11) is -3.49. The van der Waals surface area contributed by atoms with Crippen LogP contribution in [0.4, 0.5) is 22.0 Å². The average Bonchev–Trinajstić information content (AvgIpc) is 3.22. The summed E-state index contributed by atoms with van der Waals surface area (Å²) in [4.78, 5) is 15.9. The van der Waals surface area contributed by atoms with E-state index in [2.05, 4.69) is 10.3 Å². The number of sulfonamides is 1. The largest absolute Gasteiger partial charge is 0.401 e. The van der Waals surface area contributed by atoms with Gasteiger partial charge in [-0.1, -0.05) is 0 Å². The number of likely N-dealkylation sites (tertiary alicyclic amines) is 1. The minimum Gasteiger partial charge on any atom is -0.354 e. The second-order valence-corrected chi connectivity index (χ2v) is 11.8. The second kappa shape index (κ2) is 13.1. The number of aromatic nitrogens is 1. The number of nitrogens with one attached hydrogen (secondary N) is 1. The van der Waals surface area contributed by atoms with E-state index in [0.29, 0.717) is 43.6 Å². The summed E-state index contributed by atoms with van der Waals surface area (Å²) in [5.41, 5.74) is 0.991. The predicted octanol–water partition coefficient (Wildman–Crippen LogP) is 4.60. The Morgan fingerprint density at radius 3 is 2.15 bits per heavy atom. The van der Waals surface area contributed by atoms with Gasteiger partial charge in [0.25, 0.3) is 0 Å². The van der Waals surface area contributed by atoms with E-state index in [-0.39, 0.29) is 29.4 Å². The van der Waals surface area contributed by atoms with Crippen molar-refractivity contribution in [2.75, 3.05) is 19.6 Å². The van der Waals surface area contributed by atoms with Gasteiger partial charge >= 0.3 is 6.18 Å². The van der Waals surface area contributed by atoms with E-state index in [1.807, 2.05) is 13.8 Å². The van der Waals surface area contributed by atoms with Crippen LogP contribution in [0.15, 0.2) is 41.4 Å². The Labute approximate surface area is 225 Å². The summed E-state index contributed by atoms with van der Waals surface area (Å²) in [6.07, 6.45) is 0.247. The molecule has 2 aromatic rings. The fourth-order valence-electron chi connectivity index (χ4n) is 5.02. The highest BCUT2D eigenvalue weighted by Crippen LogP contribution is 2.31. The SMILES string of the molecule is C[C@@H]1CC[C@H](C)N1S(=O)(=O)c1ccc(F)cc1.O=CNCc1cc(C2CCN(CC(F)(F)F)CC2)ncc1F. The summed E-state index contributed by atoms with van der Waals surface area (Å²) >= 11 is 0. The number of pyridine rings is 1. The minimum absolute atomic E-state index is 0.0139. The quantitative estimate of drug-likeness (QED) is 0.385. The number of hydrogen-bond acceptors (Lipinski definition) is 5. The molecule has 216 valence electrons. The van der Waals surface area contributed by atoms with Crippen molar-refractivity contribution >= 4 is 16.4 Å². The van der Waals surface area contributed by atoms with Gasteiger partial charge in [-0.25, -0.2) is 17.2 Å². The van der Waals surface area contributed by atoms with Gasteiger partial charge in [0.15, 0.2) is 0 Å². The number of rotatable bonds is 7. The van der Waals surface area contributed by atoms with E-state index >= 15 is 0 Å². The van der Waals surface area contributed by atoms with Gasteiger partial charge < -0.3 is 5.32 Å². The highest BCUT2D eigenvalue weighted by atomic mass is 32.2. The number of alkyl halides is 3. The molecule has 2 aliphatic heterocycles. The van der Waals surface area contributed by atoms with Crippen molar-refractivity contribution in [3.8, 4) is 0 Å². The van der Waals surface area contributed by atoms with Crippen LogP contribution in [0.1, 0.15) is 56.7 Å². The van der Waals surface area contributed by atoms with Crippen LogP contribution in [0.5, 0.6) is 0 Å². The molecule has 0 unspecified atom stereocenters. The van der Waals surface area contributed by atoms with Gasteiger partial charge in [-0.2, -0.15) is 17.5 Å². The lowest BCUT2D eigenvalue weighted by molar-refractivity contribution is -0.148. The van der Waals surface area contributed by atoms with Crippen LogP contribution in [0.2, 0.25) is 0 Å². The Kier molecular flexibility index (Phi) is 10.4. The minimum atomic E-state index is -4.19. The number of hydrogen-bond donors (Lipinski definition) is 1. The third kappa shape index (κ3) is 8.42. The molecule has 0 radical (unpaired) electrons. The van der Waals surface area contributed by atoms with Crippen LogP contribution in [0.25, 0.3) is 0 Å². The topological polar surface area (TPSA) is 82.6 Å². The number of carbonyl (C=O) groups excluding carboxylic acids is 1. The van der Waals surface area contributed by atoms with E-state index in [9.17, 15) is 35.2 Å². The smallest absolute Gasteiger partial charge is 0.354 e. The lowest BCUT2D eigenvalue weighted by Crippen LogP contribution is -2.39. The molecule has 3 heterocycles. The molecule has 0 aliphatic carbocycles. The first-order valence-electron chi connectivity index (χ1n) is 12.7. The van der Waals surface area contributed by atoms with Crippen molar-refractivity contribution in [1.29, 1.82) is 0 Å². The molecule has 13 heteroatoms. The molecule has 1 amide bonds. The van der Waals surface area contributed by atoms with Gasteiger partial charge in [-0.15, -0.1) is 0 Å². The van der Waals surface area contributed by atoms with Crippen LogP contribution < -0.4 is 5.32 Å². The molecule has 2 atom stereocenters. The first-order valence-corrected chi connectivity index (χ1v) is 14.2. The standard InChI is InChI=1S/C14H17F4N3O.C12H16FNO2S/c15-12-7-20-13(5-11(12)6-19-9-22)10-1-3-21(4-2-10)8-14(16,17)18;1-9-3-4-10(2)14(9)17(15,16)12-7-5-11(13)6-8-12/h5,7,9-10H,1-4,6,8H2,(H,19,22);5-10H,3-4H2,1-2H3/t;9-,10+. The van der Waals surface area contributed by atoms with Gasteiger partial charge in [0, 0.05) is 35.8 Å². The molecule has 1 aromatic carbocycles. The molecular weight excluding hydrogens is 543 g/mol. The summed E-state index contributed by atoms with van der Waals surface area (Å²) < 4.78 is 89.7. The van der Waals surface area contributed by atoms with Gasteiger partial charge in [-0.05, 0) is 83.0 Å². The van der Waals surface area contributed by atoms with Crippen LogP contribution in [-0.2, 0) is 21.4 Å². The zero-order valence-electron chi connectivity index (χ0n) is 21.8. The maximum absolute atomic E-state index is 13.6. The molecule has 2 fully saturated rings. The molecule has 0 saturated carbocycles. The van der Waals surface area contributed by atoms with Crippen LogP contribution >= 0.6 is 0 Å². The second-order valence-electron chi connectivity index (χ2n) is 9.93. The highest BCUT2D eigenvalue weighted by molar-refractivity contribution is 7.89. The van der Waals surface area contributed by atoms with Gasteiger partial charge in [0.1, 0.15) is 11.6 Å². The Hall–Kier alpha value is -2.64. The Morgan fingerprint density at radius 1 is 1.03 bits per heavy atom. The highest BCUT2D eigenvalue weighted by Gasteiger charge is 2.37. The molecule has 2 saturated heterocycles. The number of halogens is 5. The van der Waals surface area contributed by atoms with Crippen molar-refractivity contribution in [3.63, 3.8) is 0 Å². The van der Waals surface area contributed by atoms with Crippen molar-refractivity contribution in [1.82, 2.24) is 19.5 Å². The Bertz CT molecular complexity index is 1190.